The van der Waals surface area contributed by atoms with E-state index in [0.29, 0.717) is 11.4 Å². The Labute approximate surface area is 146 Å². The zero-order valence-electron chi connectivity index (χ0n) is 14.0. The van der Waals surface area contributed by atoms with Gasteiger partial charge in [0.1, 0.15) is 4.88 Å². The minimum Gasteiger partial charge on any atom is -0.451 e. The maximum atomic E-state index is 12.1. The summed E-state index contributed by atoms with van der Waals surface area (Å²) in [6, 6.07) is 1.32. The number of ether oxygens (including phenoxy) is 1. The highest BCUT2D eigenvalue weighted by Crippen LogP contribution is 2.28. The molecule has 0 saturated heterocycles. The summed E-state index contributed by atoms with van der Waals surface area (Å²) in [4.78, 5) is 36.8. The van der Waals surface area contributed by atoms with Crippen LogP contribution in [0.5, 0.6) is 0 Å². The van der Waals surface area contributed by atoms with E-state index in [4.69, 9.17) is 4.74 Å². The monoisotopic (exact) mass is 352 g/mol. The number of nitrogens with one attached hydrogen (secondary N) is 2. The fraction of sp³-hybridized carbons (Fsp3) is 0.588. The summed E-state index contributed by atoms with van der Waals surface area (Å²) in [6.07, 6.45) is 7.54. The molecule has 0 aromatic carbocycles. The average molecular weight is 352 g/mol. The maximum absolute atomic E-state index is 12.1. The Kier molecular flexibility index (Phi) is 7.24. The van der Waals surface area contributed by atoms with Crippen LogP contribution in [0.2, 0.25) is 0 Å². The van der Waals surface area contributed by atoms with Gasteiger partial charge in [0.05, 0.1) is 0 Å². The SMILES string of the molecule is CCCNC(=O)NC(=O)COC(=O)c1cc2c(s1)CCCCCC2. The van der Waals surface area contributed by atoms with E-state index in [0.717, 1.165) is 32.1 Å². The highest BCUT2D eigenvalue weighted by atomic mass is 32.1. The third kappa shape index (κ3) is 5.63. The van der Waals surface area contributed by atoms with Crippen molar-refractivity contribution in [1.29, 1.82) is 0 Å². The first-order valence-corrected chi connectivity index (χ1v) is 9.28. The molecule has 2 N–H and O–H groups in total. The van der Waals surface area contributed by atoms with Gasteiger partial charge in [0, 0.05) is 11.4 Å². The van der Waals surface area contributed by atoms with E-state index in [1.54, 1.807) is 0 Å². The van der Waals surface area contributed by atoms with Crippen molar-refractivity contribution in [3.05, 3.63) is 21.4 Å². The van der Waals surface area contributed by atoms with Crippen LogP contribution in [0.3, 0.4) is 0 Å². The third-order valence-corrected chi connectivity index (χ3v) is 5.04. The topological polar surface area (TPSA) is 84.5 Å². The molecule has 7 heteroatoms. The summed E-state index contributed by atoms with van der Waals surface area (Å²) in [7, 11) is 0. The Morgan fingerprint density at radius 3 is 2.67 bits per heavy atom. The molecule has 0 bridgehead atoms. The van der Waals surface area contributed by atoms with Gasteiger partial charge in [-0.2, -0.15) is 0 Å². The minimum absolute atomic E-state index is 0.457. The number of rotatable bonds is 5. The van der Waals surface area contributed by atoms with Gasteiger partial charge in [-0.05, 0) is 43.7 Å². The number of amides is 3. The minimum atomic E-state index is -0.633. The number of urea groups is 1. The van der Waals surface area contributed by atoms with E-state index in [1.165, 1.54) is 34.6 Å². The predicted octanol–water partition coefficient (Wildman–Crippen LogP) is 2.80. The van der Waals surface area contributed by atoms with E-state index in [9.17, 15) is 14.4 Å². The van der Waals surface area contributed by atoms with E-state index in [1.807, 2.05) is 13.0 Å². The normalized spacial score (nSPS) is 14.0. The molecule has 0 fully saturated rings. The number of fused-ring (bicyclic) bond motifs is 1. The fourth-order valence-corrected chi connectivity index (χ4v) is 3.74. The summed E-state index contributed by atoms with van der Waals surface area (Å²) >= 11 is 1.46. The van der Waals surface area contributed by atoms with Gasteiger partial charge in [0.15, 0.2) is 6.61 Å². The van der Waals surface area contributed by atoms with Crippen LogP contribution in [0.1, 0.15) is 59.1 Å². The summed E-state index contributed by atoms with van der Waals surface area (Å²) in [5.41, 5.74) is 1.23. The van der Waals surface area contributed by atoms with Crippen molar-refractivity contribution in [2.24, 2.45) is 0 Å². The first-order valence-electron chi connectivity index (χ1n) is 8.46. The number of carbonyl (C=O) groups excluding carboxylic acids is 3. The lowest BCUT2D eigenvalue weighted by Gasteiger charge is -2.07. The van der Waals surface area contributed by atoms with E-state index < -0.39 is 24.5 Å². The van der Waals surface area contributed by atoms with Crippen molar-refractivity contribution in [2.45, 2.75) is 51.9 Å². The summed E-state index contributed by atoms with van der Waals surface area (Å²) in [5.74, 6) is -1.14. The first kappa shape index (κ1) is 18.4. The van der Waals surface area contributed by atoms with Crippen molar-refractivity contribution in [2.75, 3.05) is 13.2 Å². The van der Waals surface area contributed by atoms with Crippen molar-refractivity contribution < 1.29 is 19.1 Å². The van der Waals surface area contributed by atoms with Crippen molar-refractivity contribution in [3.8, 4) is 0 Å². The van der Waals surface area contributed by atoms with Crippen LogP contribution in [0.4, 0.5) is 4.79 Å². The maximum Gasteiger partial charge on any atom is 0.348 e. The molecule has 24 heavy (non-hydrogen) atoms. The molecule has 1 aromatic heterocycles. The second-order valence-corrected chi connectivity index (χ2v) is 6.99. The lowest BCUT2D eigenvalue weighted by atomic mass is 10.00. The van der Waals surface area contributed by atoms with Crippen LogP contribution in [-0.2, 0) is 22.4 Å². The summed E-state index contributed by atoms with van der Waals surface area (Å²) in [6.45, 7) is 1.94. The molecule has 2 rings (SSSR count). The molecule has 1 aliphatic rings. The second kappa shape index (κ2) is 9.42. The zero-order chi connectivity index (χ0) is 17.4. The molecule has 1 aliphatic carbocycles. The van der Waals surface area contributed by atoms with Gasteiger partial charge in [0.2, 0.25) is 0 Å². The predicted molar refractivity (Wildman–Crippen MR) is 92.3 cm³/mol. The number of aryl methyl sites for hydroxylation is 2. The third-order valence-electron chi connectivity index (χ3n) is 3.82. The second-order valence-electron chi connectivity index (χ2n) is 5.85. The largest absolute Gasteiger partial charge is 0.451 e. The molecule has 0 radical (unpaired) electrons. The number of hydrogen-bond acceptors (Lipinski definition) is 5. The molecule has 0 saturated carbocycles. The number of carbonyl (C=O) groups is 3. The molecule has 132 valence electrons. The molecule has 0 spiro atoms. The highest BCUT2D eigenvalue weighted by molar-refractivity contribution is 7.14. The van der Waals surface area contributed by atoms with Gasteiger partial charge in [-0.15, -0.1) is 11.3 Å². The van der Waals surface area contributed by atoms with Gasteiger partial charge >= 0.3 is 12.0 Å². The Morgan fingerprint density at radius 1 is 1.17 bits per heavy atom. The highest BCUT2D eigenvalue weighted by Gasteiger charge is 2.18. The number of esters is 1. The van der Waals surface area contributed by atoms with Crippen LogP contribution >= 0.6 is 11.3 Å². The van der Waals surface area contributed by atoms with Crippen molar-refractivity contribution >= 4 is 29.2 Å². The van der Waals surface area contributed by atoms with Crippen LogP contribution in [0.15, 0.2) is 6.07 Å². The van der Waals surface area contributed by atoms with E-state index in [2.05, 4.69) is 10.6 Å². The van der Waals surface area contributed by atoms with Crippen LogP contribution in [-0.4, -0.2) is 31.1 Å². The lowest BCUT2D eigenvalue weighted by molar-refractivity contribution is -0.123. The fourth-order valence-electron chi connectivity index (χ4n) is 2.59. The van der Waals surface area contributed by atoms with Crippen LogP contribution < -0.4 is 10.6 Å². The van der Waals surface area contributed by atoms with Crippen molar-refractivity contribution in [1.82, 2.24) is 10.6 Å². The quantitative estimate of drug-likeness (QED) is 0.798. The van der Waals surface area contributed by atoms with E-state index in [-0.39, 0.29) is 0 Å². The van der Waals surface area contributed by atoms with Crippen molar-refractivity contribution in [3.63, 3.8) is 0 Å². The Balaban J connectivity index is 1.83. The van der Waals surface area contributed by atoms with E-state index >= 15 is 0 Å². The van der Waals surface area contributed by atoms with Gasteiger partial charge in [-0.1, -0.05) is 19.8 Å². The Hall–Kier alpha value is -1.89. The molecule has 0 aliphatic heterocycles. The zero-order valence-corrected chi connectivity index (χ0v) is 14.8. The number of imide groups is 1. The van der Waals surface area contributed by atoms with Gasteiger partial charge in [0.25, 0.3) is 5.91 Å². The molecule has 6 nitrogen and oxygen atoms in total. The standard InChI is InChI=1S/C17H24N2O4S/c1-2-9-18-17(22)19-15(20)11-23-16(21)14-10-12-7-5-3-4-6-8-13(12)24-14/h10H,2-9,11H2,1H3,(H2,18,19,20,22). The Morgan fingerprint density at radius 2 is 1.92 bits per heavy atom. The number of hydrogen-bond donors (Lipinski definition) is 2. The molecule has 3 amide bonds. The van der Waals surface area contributed by atoms with Crippen LogP contribution in [0.25, 0.3) is 0 Å². The van der Waals surface area contributed by atoms with Crippen LogP contribution in [0, 0.1) is 0 Å². The lowest BCUT2D eigenvalue weighted by Crippen LogP contribution is -2.41. The summed E-state index contributed by atoms with van der Waals surface area (Å²) < 4.78 is 5.01. The summed E-state index contributed by atoms with van der Waals surface area (Å²) in [5, 5.41) is 4.64. The molecule has 0 atom stereocenters. The van der Waals surface area contributed by atoms with Gasteiger partial charge in [-0.3, -0.25) is 10.1 Å². The molecule has 1 heterocycles. The molecular weight excluding hydrogens is 328 g/mol. The van der Waals surface area contributed by atoms with Gasteiger partial charge in [-0.25, -0.2) is 9.59 Å². The Bertz CT molecular complexity index is 572. The average Bonchev–Trinajstić information content (AvgIpc) is 2.93. The molecular formula is C17H24N2O4S. The number of thiophene rings is 1. The molecule has 0 unspecified atom stereocenters. The first-order chi connectivity index (χ1) is 11.6. The van der Waals surface area contributed by atoms with Gasteiger partial charge < -0.3 is 10.1 Å². The molecule has 1 aromatic rings. The smallest absolute Gasteiger partial charge is 0.348 e.